The van der Waals surface area contributed by atoms with Gasteiger partial charge < -0.3 is 0 Å². The van der Waals surface area contributed by atoms with E-state index in [2.05, 4.69) is 20.8 Å². The largest absolute Gasteiger partial charge is 0.0654 e. The standard InChI is InChI=1S/C10H20/c1-4-5-9-7-10(9)6-8(2)3/h8-10H,4-7H2,1-3H3. The fraction of sp³-hybridized carbons (Fsp3) is 1.00. The quantitative estimate of drug-likeness (QED) is 0.561. The maximum Gasteiger partial charge on any atom is -0.0381 e. The fourth-order valence-electron chi connectivity index (χ4n) is 1.93. The molecule has 0 amide bonds. The Kier molecular flexibility index (Phi) is 2.76. The van der Waals surface area contributed by atoms with Crippen LogP contribution in [0.2, 0.25) is 0 Å². The molecule has 0 aromatic rings. The summed E-state index contributed by atoms with van der Waals surface area (Å²) in [6.45, 7) is 6.97. The van der Waals surface area contributed by atoms with E-state index in [4.69, 9.17) is 0 Å². The molecule has 1 fully saturated rings. The van der Waals surface area contributed by atoms with Crippen LogP contribution in [0.1, 0.15) is 46.5 Å². The van der Waals surface area contributed by atoms with Gasteiger partial charge in [-0.3, -0.25) is 0 Å². The molecule has 1 saturated carbocycles. The van der Waals surface area contributed by atoms with Crippen LogP contribution in [0.3, 0.4) is 0 Å². The van der Waals surface area contributed by atoms with Crippen molar-refractivity contribution in [3.05, 3.63) is 0 Å². The van der Waals surface area contributed by atoms with E-state index in [1.54, 1.807) is 0 Å². The highest BCUT2D eigenvalue weighted by atomic mass is 14.4. The fourth-order valence-corrected chi connectivity index (χ4v) is 1.93. The second-order valence-corrected chi connectivity index (χ2v) is 4.17. The first-order chi connectivity index (χ1) is 4.74. The van der Waals surface area contributed by atoms with Gasteiger partial charge in [0.05, 0.1) is 0 Å². The van der Waals surface area contributed by atoms with E-state index in [9.17, 15) is 0 Å². The molecule has 0 aromatic heterocycles. The van der Waals surface area contributed by atoms with Gasteiger partial charge in [-0.1, -0.05) is 33.6 Å². The molecule has 0 radical (unpaired) electrons. The molecule has 0 N–H and O–H groups in total. The zero-order valence-electron chi connectivity index (χ0n) is 7.56. The molecule has 0 aromatic carbocycles. The molecule has 0 heteroatoms. The van der Waals surface area contributed by atoms with Gasteiger partial charge in [0, 0.05) is 0 Å². The van der Waals surface area contributed by atoms with Crippen LogP contribution in [0.5, 0.6) is 0 Å². The van der Waals surface area contributed by atoms with Gasteiger partial charge >= 0.3 is 0 Å². The second-order valence-electron chi connectivity index (χ2n) is 4.17. The first-order valence-electron chi connectivity index (χ1n) is 4.74. The smallest absolute Gasteiger partial charge is 0.0381 e. The van der Waals surface area contributed by atoms with Gasteiger partial charge in [-0.05, 0) is 30.6 Å². The molecular weight excluding hydrogens is 120 g/mol. The van der Waals surface area contributed by atoms with Gasteiger partial charge in [-0.2, -0.15) is 0 Å². The molecule has 1 aliphatic rings. The lowest BCUT2D eigenvalue weighted by atomic mass is 10.0. The molecule has 1 aliphatic carbocycles. The number of rotatable bonds is 4. The Bertz CT molecular complexity index is 94.2. The summed E-state index contributed by atoms with van der Waals surface area (Å²) in [6, 6.07) is 0. The van der Waals surface area contributed by atoms with Crippen molar-refractivity contribution in [1.29, 1.82) is 0 Å². The Hall–Kier alpha value is 0. The Labute approximate surface area is 65.0 Å². The van der Waals surface area contributed by atoms with Crippen molar-refractivity contribution < 1.29 is 0 Å². The van der Waals surface area contributed by atoms with Crippen LogP contribution < -0.4 is 0 Å². The molecule has 0 spiro atoms. The Morgan fingerprint density at radius 2 is 2.00 bits per heavy atom. The average molecular weight is 140 g/mol. The molecule has 2 atom stereocenters. The van der Waals surface area contributed by atoms with Crippen molar-refractivity contribution in [1.82, 2.24) is 0 Å². The van der Waals surface area contributed by atoms with E-state index in [-0.39, 0.29) is 0 Å². The zero-order valence-corrected chi connectivity index (χ0v) is 7.56. The maximum atomic E-state index is 2.33. The summed E-state index contributed by atoms with van der Waals surface area (Å²) in [7, 11) is 0. The normalized spacial score (nSPS) is 31.2. The van der Waals surface area contributed by atoms with Gasteiger partial charge in [0.1, 0.15) is 0 Å². The third-order valence-electron chi connectivity index (χ3n) is 2.50. The maximum absolute atomic E-state index is 2.33. The molecule has 60 valence electrons. The number of hydrogen-bond donors (Lipinski definition) is 0. The summed E-state index contributed by atoms with van der Waals surface area (Å²) in [5.41, 5.74) is 0. The molecule has 0 bridgehead atoms. The first kappa shape index (κ1) is 8.10. The van der Waals surface area contributed by atoms with E-state index in [0.717, 1.165) is 17.8 Å². The van der Waals surface area contributed by atoms with Crippen LogP contribution in [-0.2, 0) is 0 Å². The monoisotopic (exact) mass is 140 g/mol. The summed E-state index contributed by atoms with van der Waals surface area (Å²) in [5, 5.41) is 0. The Morgan fingerprint density at radius 3 is 2.50 bits per heavy atom. The highest BCUT2D eigenvalue weighted by molar-refractivity contribution is 4.85. The summed E-state index contributed by atoms with van der Waals surface area (Å²) < 4.78 is 0. The van der Waals surface area contributed by atoms with Gasteiger partial charge in [-0.15, -0.1) is 0 Å². The molecule has 10 heavy (non-hydrogen) atoms. The Balaban J connectivity index is 2.02. The second kappa shape index (κ2) is 3.41. The van der Waals surface area contributed by atoms with Crippen molar-refractivity contribution in [3.63, 3.8) is 0 Å². The highest BCUT2D eigenvalue weighted by Crippen LogP contribution is 2.45. The average Bonchev–Trinajstić information content (AvgIpc) is 2.47. The van der Waals surface area contributed by atoms with Crippen molar-refractivity contribution in [2.45, 2.75) is 46.5 Å². The van der Waals surface area contributed by atoms with Crippen molar-refractivity contribution >= 4 is 0 Å². The van der Waals surface area contributed by atoms with Gasteiger partial charge in [0.2, 0.25) is 0 Å². The topological polar surface area (TPSA) is 0 Å². The van der Waals surface area contributed by atoms with E-state index in [1.165, 1.54) is 25.7 Å². The summed E-state index contributed by atoms with van der Waals surface area (Å²) in [4.78, 5) is 0. The van der Waals surface area contributed by atoms with E-state index in [1.807, 2.05) is 0 Å². The van der Waals surface area contributed by atoms with Crippen LogP contribution in [0.4, 0.5) is 0 Å². The molecule has 0 saturated heterocycles. The molecule has 0 aliphatic heterocycles. The van der Waals surface area contributed by atoms with Crippen molar-refractivity contribution in [2.24, 2.45) is 17.8 Å². The van der Waals surface area contributed by atoms with Crippen LogP contribution in [0.25, 0.3) is 0 Å². The van der Waals surface area contributed by atoms with Crippen LogP contribution in [0.15, 0.2) is 0 Å². The predicted molar refractivity (Wildman–Crippen MR) is 46.0 cm³/mol. The third-order valence-corrected chi connectivity index (χ3v) is 2.50. The van der Waals surface area contributed by atoms with Gasteiger partial charge in [-0.25, -0.2) is 0 Å². The lowest BCUT2D eigenvalue weighted by Crippen LogP contribution is -1.90. The van der Waals surface area contributed by atoms with Gasteiger partial charge in [0.15, 0.2) is 0 Å². The van der Waals surface area contributed by atoms with Crippen molar-refractivity contribution in [3.8, 4) is 0 Å². The van der Waals surface area contributed by atoms with Crippen LogP contribution in [0, 0.1) is 17.8 Å². The minimum absolute atomic E-state index is 0.923. The first-order valence-corrected chi connectivity index (χ1v) is 4.74. The predicted octanol–water partition coefficient (Wildman–Crippen LogP) is 3.47. The molecule has 2 unspecified atom stereocenters. The molecule has 1 rings (SSSR count). The van der Waals surface area contributed by atoms with Crippen LogP contribution >= 0.6 is 0 Å². The van der Waals surface area contributed by atoms with E-state index < -0.39 is 0 Å². The lowest BCUT2D eigenvalue weighted by molar-refractivity contribution is 0.500. The lowest BCUT2D eigenvalue weighted by Gasteiger charge is -2.01. The van der Waals surface area contributed by atoms with Gasteiger partial charge in [0.25, 0.3) is 0 Å². The van der Waals surface area contributed by atoms with Crippen LogP contribution in [-0.4, -0.2) is 0 Å². The van der Waals surface area contributed by atoms with E-state index in [0.29, 0.717) is 0 Å². The highest BCUT2D eigenvalue weighted by Gasteiger charge is 2.35. The summed E-state index contributed by atoms with van der Waals surface area (Å²) >= 11 is 0. The molecule has 0 nitrogen and oxygen atoms in total. The third kappa shape index (κ3) is 2.32. The molecular formula is C10H20. The SMILES string of the molecule is CCCC1CC1CC(C)C. The minimum Gasteiger partial charge on any atom is -0.0654 e. The van der Waals surface area contributed by atoms with Crippen molar-refractivity contribution in [2.75, 3.05) is 0 Å². The Morgan fingerprint density at radius 1 is 1.30 bits per heavy atom. The van der Waals surface area contributed by atoms with E-state index >= 15 is 0 Å². The minimum atomic E-state index is 0.923. The summed E-state index contributed by atoms with van der Waals surface area (Å²) in [5.74, 6) is 3.15. The zero-order chi connectivity index (χ0) is 7.56. The molecule has 0 heterocycles. The number of hydrogen-bond acceptors (Lipinski definition) is 0. The summed E-state index contributed by atoms with van der Waals surface area (Å²) in [6.07, 6.45) is 5.88.